The Morgan fingerprint density at radius 3 is 2.78 bits per heavy atom. The van der Waals surface area contributed by atoms with Gasteiger partial charge in [-0.2, -0.15) is 0 Å². The summed E-state index contributed by atoms with van der Waals surface area (Å²) in [4.78, 5) is 7.38. The maximum Gasteiger partial charge on any atom is 0.163 e. The number of aromatic nitrogens is 1. The fourth-order valence-corrected chi connectivity index (χ4v) is 5.26. The van der Waals surface area contributed by atoms with Crippen LogP contribution in [-0.2, 0) is 12.8 Å². The lowest BCUT2D eigenvalue weighted by atomic mass is 10.0. The van der Waals surface area contributed by atoms with Gasteiger partial charge in [0, 0.05) is 48.4 Å². The van der Waals surface area contributed by atoms with Gasteiger partial charge in [-0.25, -0.2) is 0 Å². The topological polar surface area (TPSA) is 46.6 Å². The molecule has 1 saturated heterocycles. The van der Waals surface area contributed by atoms with Crippen LogP contribution in [0.1, 0.15) is 43.9 Å². The van der Waals surface area contributed by atoms with Gasteiger partial charge in [0.1, 0.15) is 0 Å². The Morgan fingerprint density at radius 1 is 1.16 bits per heavy atom. The highest BCUT2D eigenvalue weighted by Gasteiger charge is 2.27. The van der Waals surface area contributed by atoms with Gasteiger partial charge in [-0.15, -0.1) is 0 Å². The van der Waals surface area contributed by atoms with Gasteiger partial charge in [0.2, 0.25) is 0 Å². The van der Waals surface area contributed by atoms with Gasteiger partial charge in [-0.1, -0.05) is 6.92 Å². The second-order valence-corrected chi connectivity index (χ2v) is 10.1. The number of likely N-dealkylation sites (tertiary alicyclic amines) is 1. The van der Waals surface area contributed by atoms with Crippen molar-refractivity contribution >= 4 is 16.6 Å². The van der Waals surface area contributed by atoms with Crippen molar-refractivity contribution in [2.45, 2.75) is 45.4 Å². The molecule has 1 aromatic heterocycles. The maximum absolute atomic E-state index is 12.8. The van der Waals surface area contributed by atoms with Crippen LogP contribution in [0.2, 0.25) is 0 Å². The minimum absolute atomic E-state index is 0.200. The maximum atomic E-state index is 12.8. The van der Waals surface area contributed by atoms with Crippen LogP contribution >= 0.6 is 0 Å². The summed E-state index contributed by atoms with van der Waals surface area (Å²) in [6.45, 7) is 6.59. The molecule has 5 nitrogen and oxygen atoms in total. The number of hydrogen-bond acceptors (Lipinski definition) is 5. The molecule has 2 atom stereocenters. The zero-order chi connectivity index (χ0) is 22.1. The lowest BCUT2D eigenvalue weighted by molar-refractivity contribution is 0.247. The van der Waals surface area contributed by atoms with E-state index in [0.29, 0.717) is 12.5 Å². The standard InChI is InChI=1S/C26H36FN3O2/c1-17-10-20-22(11-17)29-23-13-25(32-9-3-7-30-8-6-19(14-27)16-30)24(31-2)12-21(23)26(20)28-15-18-4-5-18/h12-13,17-19H,3-11,14-16H2,1-2H3,(H,28,29). The summed E-state index contributed by atoms with van der Waals surface area (Å²) in [6, 6.07) is 4.15. The summed E-state index contributed by atoms with van der Waals surface area (Å²) in [5, 5.41) is 4.90. The molecule has 2 aliphatic carbocycles. The van der Waals surface area contributed by atoms with E-state index in [2.05, 4.69) is 29.3 Å². The number of benzene rings is 1. The molecule has 0 amide bonds. The number of nitrogens with zero attached hydrogens (tertiary/aromatic N) is 2. The second-order valence-electron chi connectivity index (χ2n) is 10.1. The molecule has 0 radical (unpaired) electrons. The van der Waals surface area contributed by atoms with Crippen molar-refractivity contribution in [3.05, 3.63) is 23.4 Å². The molecule has 1 aliphatic heterocycles. The smallest absolute Gasteiger partial charge is 0.163 e. The van der Waals surface area contributed by atoms with Crippen molar-refractivity contribution in [3.63, 3.8) is 0 Å². The number of fused-ring (bicyclic) bond motifs is 2. The molecular weight excluding hydrogens is 405 g/mol. The molecule has 2 fully saturated rings. The van der Waals surface area contributed by atoms with E-state index in [9.17, 15) is 4.39 Å². The number of alkyl halides is 1. The average Bonchev–Trinajstić information content (AvgIpc) is 3.38. The fourth-order valence-electron chi connectivity index (χ4n) is 5.26. The van der Waals surface area contributed by atoms with Gasteiger partial charge < -0.3 is 19.7 Å². The predicted molar refractivity (Wildman–Crippen MR) is 127 cm³/mol. The lowest BCUT2D eigenvalue weighted by Crippen LogP contribution is -2.23. The van der Waals surface area contributed by atoms with Crippen molar-refractivity contribution in [3.8, 4) is 11.5 Å². The fraction of sp³-hybridized carbons (Fsp3) is 0.654. The summed E-state index contributed by atoms with van der Waals surface area (Å²) < 4.78 is 24.7. The summed E-state index contributed by atoms with van der Waals surface area (Å²) in [7, 11) is 1.70. The summed E-state index contributed by atoms with van der Waals surface area (Å²) in [5.41, 5.74) is 4.86. The Bertz CT molecular complexity index is 962. The first-order valence-electron chi connectivity index (χ1n) is 12.3. The van der Waals surface area contributed by atoms with Gasteiger partial charge in [0.05, 0.1) is 25.9 Å². The molecule has 1 saturated carbocycles. The molecule has 32 heavy (non-hydrogen) atoms. The molecule has 0 bridgehead atoms. The van der Waals surface area contributed by atoms with Crippen molar-refractivity contribution < 1.29 is 13.9 Å². The molecular formula is C26H36FN3O2. The zero-order valence-corrected chi connectivity index (χ0v) is 19.5. The highest BCUT2D eigenvalue weighted by Crippen LogP contribution is 2.41. The van der Waals surface area contributed by atoms with Gasteiger partial charge >= 0.3 is 0 Å². The molecule has 2 unspecified atom stereocenters. The Hall–Kier alpha value is -2.08. The van der Waals surface area contributed by atoms with Crippen LogP contribution in [0.4, 0.5) is 10.1 Å². The third-order valence-electron chi connectivity index (χ3n) is 7.28. The Kier molecular flexibility index (Phi) is 6.40. The van der Waals surface area contributed by atoms with Crippen molar-refractivity contribution in [2.75, 3.05) is 51.9 Å². The van der Waals surface area contributed by atoms with E-state index in [1.807, 2.05) is 0 Å². The van der Waals surface area contributed by atoms with Crippen molar-refractivity contribution in [1.82, 2.24) is 9.88 Å². The molecule has 6 heteroatoms. The van der Waals surface area contributed by atoms with Crippen LogP contribution in [0.5, 0.6) is 11.5 Å². The third kappa shape index (κ3) is 4.66. The molecule has 1 N–H and O–H groups in total. The van der Waals surface area contributed by atoms with Crippen LogP contribution in [0, 0.1) is 17.8 Å². The molecule has 2 aromatic rings. The predicted octanol–water partition coefficient (Wildman–Crippen LogP) is 4.86. The summed E-state index contributed by atoms with van der Waals surface area (Å²) in [6.07, 6.45) is 6.70. The molecule has 3 aliphatic rings. The van der Waals surface area contributed by atoms with Crippen LogP contribution in [0.15, 0.2) is 12.1 Å². The Morgan fingerprint density at radius 2 is 2.03 bits per heavy atom. The number of methoxy groups -OCH3 is 1. The number of pyridine rings is 1. The van der Waals surface area contributed by atoms with E-state index < -0.39 is 0 Å². The monoisotopic (exact) mass is 441 g/mol. The van der Waals surface area contributed by atoms with E-state index in [4.69, 9.17) is 14.5 Å². The highest BCUT2D eigenvalue weighted by atomic mass is 19.1. The Labute approximate surface area is 190 Å². The normalized spacial score (nSPS) is 23.0. The van der Waals surface area contributed by atoms with Gasteiger partial charge in [-0.3, -0.25) is 9.37 Å². The first kappa shape index (κ1) is 21.7. The summed E-state index contributed by atoms with van der Waals surface area (Å²) in [5.74, 6) is 3.19. The lowest BCUT2D eigenvalue weighted by Gasteiger charge is -2.18. The molecule has 0 spiro atoms. The molecule has 174 valence electrons. The van der Waals surface area contributed by atoms with E-state index in [1.165, 1.54) is 29.8 Å². The number of anilines is 1. The van der Waals surface area contributed by atoms with E-state index in [-0.39, 0.29) is 12.6 Å². The number of ether oxygens (including phenoxy) is 2. The van der Waals surface area contributed by atoms with E-state index in [1.54, 1.807) is 7.11 Å². The van der Waals surface area contributed by atoms with Crippen LogP contribution in [0.25, 0.3) is 10.9 Å². The number of hydrogen-bond donors (Lipinski definition) is 1. The summed E-state index contributed by atoms with van der Waals surface area (Å²) >= 11 is 0. The average molecular weight is 442 g/mol. The quantitative estimate of drug-likeness (QED) is 0.534. The van der Waals surface area contributed by atoms with Gasteiger partial charge in [-0.05, 0) is 68.5 Å². The third-order valence-corrected chi connectivity index (χ3v) is 7.28. The molecule has 1 aromatic carbocycles. The minimum Gasteiger partial charge on any atom is -0.493 e. The van der Waals surface area contributed by atoms with Gasteiger partial charge in [0.15, 0.2) is 11.5 Å². The van der Waals surface area contributed by atoms with Crippen molar-refractivity contribution in [2.24, 2.45) is 17.8 Å². The zero-order valence-electron chi connectivity index (χ0n) is 19.5. The van der Waals surface area contributed by atoms with Crippen LogP contribution in [0.3, 0.4) is 0 Å². The van der Waals surface area contributed by atoms with Crippen LogP contribution in [-0.4, -0.2) is 56.5 Å². The highest BCUT2D eigenvalue weighted by molar-refractivity contribution is 5.96. The van der Waals surface area contributed by atoms with Gasteiger partial charge in [0.25, 0.3) is 0 Å². The van der Waals surface area contributed by atoms with Crippen molar-refractivity contribution in [1.29, 1.82) is 0 Å². The number of halogens is 1. The second kappa shape index (κ2) is 9.42. The molecule has 2 heterocycles. The number of rotatable bonds is 10. The van der Waals surface area contributed by atoms with E-state index in [0.717, 1.165) is 80.2 Å². The largest absolute Gasteiger partial charge is 0.493 e. The van der Waals surface area contributed by atoms with E-state index >= 15 is 0 Å². The number of nitrogens with one attached hydrogen (secondary N) is 1. The molecule has 5 rings (SSSR count). The minimum atomic E-state index is -0.200. The van der Waals surface area contributed by atoms with Crippen LogP contribution < -0.4 is 14.8 Å². The first-order valence-corrected chi connectivity index (χ1v) is 12.3. The SMILES string of the molecule is COc1cc2c(NCC3CC3)c3c(nc2cc1OCCCN1CCC(CF)C1)CC(C)C3. The first-order chi connectivity index (χ1) is 15.6. The Balaban J connectivity index is 1.33.